The topological polar surface area (TPSA) is 16.1 Å². The van der Waals surface area contributed by atoms with E-state index in [0.717, 1.165) is 18.9 Å². The van der Waals surface area contributed by atoms with Crippen molar-refractivity contribution in [1.29, 1.82) is 0 Å². The molecule has 17 heavy (non-hydrogen) atoms. The first-order chi connectivity index (χ1) is 7.97. The summed E-state index contributed by atoms with van der Waals surface area (Å²) in [4.78, 5) is 7.59. The lowest BCUT2D eigenvalue weighted by molar-refractivity contribution is 0.580. The van der Waals surface area contributed by atoms with Crippen LogP contribution >= 0.6 is 15.9 Å². The molecule has 2 heterocycles. The number of rotatable bonds is 1. The second-order valence-corrected chi connectivity index (χ2v) is 7.14. The standard InChI is InChI=1S/C14H21BrN2/c1-14(2,3)11-6-7-13(16-9-11)17-8-4-5-12(15)10-17/h6-7,9,12H,4-5,8,10H2,1-3H3. The van der Waals surface area contributed by atoms with Crippen molar-refractivity contribution in [3.05, 3.63) is 23.9 Å². The predicted molar refractivity (Wildman–Crippen MR) is 77.1 cm³/mol. The summed E-state index contributed by atoms with van der Waals surface area (Å²) in [6, 6.07) is 4.37. The Labute approximate surface area is 113 Å². The van der Waals surface area contributed by atoms with Crippen molar-refractivity contribution in [2.24, 2.45) is 0 Å². The molecule has 1 unspecified atom stereocenters. The smallest absolute Gasteiger partial charge is 0.128 e. The summed E-state index contributed by atoms with van der Waals surface area (Å²) < 4.78 is 0. The molecule has 1 fully saturated rings. The van der Waals surface area contributed by atoms with Crippen molar-refractivity contribution >= 4 is 21.7 Å². The van der Waals surface area contributed by atoms with E-state index in [1.54, 1.807) is 0 Å². The Morgan fingerprint density at radius 3 is 2.65 bits per heavy atom. The van der Waals surface area contributed by atoms with E-state index in [1.807, 2.05) is 6.20 Å². The Bertz CT molecular complexity index is 367. The van der Waals surface area contributed by atoms with E-state index in [2.05, 4.69) is 58.7 Å². The third-order valence-corrected chi connectivity index (χ3v) is 4.05. The summed E-state index contributed by atoms with van der Waals surface area (Å²) >= 11 is 3.70. The molecule has 1 saturated heterocycles. The number of pyridine rings is 1. The third kappa shape index (κ3) is 3.21. The number of nitrogens with zero attached hydrogens (tertiary/aromatic N) is 2. The molecule has 0 radical (unpaired) electrons. The summed E-state index contributed by atoms with van der Waals surface area (Å²) in [7, 11) is 0. The average Bonchev–Trinajstić information content (AvgIpc) is 2.28. The highest BCUT2D eigenvalue weighted by Gasteiger charge is 2.19. The highest BCUT2D eigenvalue weighted by molar-refractivity contribution is 9.09. The minimum Gasteiger partial charge on any atom is -0.356 e. The van der Waals surface area contributed by atoms with Gasteiger partial charge in [0, 0.05) is 24.1 Å². The van der Waals surface area contributed by atoms with Gasteiger partial charge in [0.15, 0.2) is 0 Å². The SMILES string of the molecule is CC(C)(C)c1ccc(N2CCCC(Br)C2)nc1. The van der Waals surface area contributed by atoms with E-state index in [9.17, 15) is 0 Å². The molecular formula is C14H21BrN2. The first kappa shape index (κ1) is 12.9. The zero-order chi connectivity index (χ0) is 12.5. The van der Waals surface area contributed by atoms with Gasteiger partial charge in [-0.2, -0.15) is 0 Å². The van der Waals surface area contributed by atoms with Crippen LogP contribution < -0.4 is 4.90 Å². The molecule has 1 atom stereocenters. The molecule has 2 nitrogen and oxygen atoms in total. The Balaban J connectivity index is 2.12. The molecule has 3 heteroatoms. The molecule has 1 aliphatic rings. The van der Waals surface area contributed by atoms with Crippen LogP contribution in [0.25, 0.3) is 0 Å². The monoisotopic (exact) mass is 296 g/mol. The second-order valence-electron chi connectivity index (χ2n) is 5.84. The van der Waals surface area contributed by atoms with Gasteiger partial charge in [-0.05, 0) is 29.9 Å². The lowest BCUT2D eigenvalue weighted by Gasteiger charge is -2.31. The zero-order valence-electron chi connectivity index (χ0n) is 10.9. The summed E-state index contributed by atoms with van der Waals surface area (Å²) in [6.07, 6.45) is 4.54. The number of anilines is 1. The first-order valence-electron chi connectivity index (χ1n) is 6.32. The predicted octanol–water partition coefficient (Wildman–Crippen LogP) is 3.74. The van der Waals surface area contributed by atoms with Crippen LogP contribution in [0.15, 0.2) is 18.3 Å². The molecule has 1 aliphatic heterocycles. The quantitative estimate of drug-likeness (QED) is 0.734. The molecule has 1 aromatic rings. The fourth-order valence-electron chi connectivity index (χ4n) is 2.15. The Morgan fingerprint density at radius 2 is 2.12 bits per heavy atom. The van der Waals surface area contributed by atoms with Crippen molar-refractivity contribution in [2.45, 2.75) is 43.9 Å². The van der Waals surface area contributed by atoms with Gasteiger partial charge in [-0.3, -0.25) is 0 Å². The van der Waals surface area contributed by atoms with E-state index in [1.165, 1.54) is 18.4 Å². The molecule has 94 valence electrons. The van der Waals surface area contributed by atoms with Gasteiger partial charge >= 0.3 is 0 Å². The van der Waals surface area contributed by atoms with Crippen LogP contribution in [0, 0.1) is 0 Å². The van der Waals surface area contributed by atoms with Crippen LogP contribution in [-0.4, -0.2) is 22.9 Å². The third-order valence-electron chi connectivity index (χ3n) is 3.30. The molecule has 0 amide bonds. The van der Waals surface area contributed by atoms with E-state index in [0.29, 0.717) is 4.83 Å². The number of hydrogen-bond donors (Lipinski definition) is 0. The summed E-state index contributed by atoms with van der Waals surface area (Å²) in [6.45, 7) is 8.86. The van der Waals surface area contributed by atoms with Crippen LogP contribution in [0.4, 0.5) is 5.82 Å². The van der Waals surface area contributed by atoms with Gasteiger partial charge in [-0.15, -0.1) is 0 Å². The molecule has 2 rings (SSSR count). The molecule has 0 aliphatic carbocycles. The molecular weight excluding hydrogens is 276 g/mol. The number of hydrogen-bond acceptors (Lipinski definition) is 2. The van der Waals surface area contributed by atoms with Gasteiger partial charge in [0.1, 0.15) is 5.82 Å². The fourth-order valence-corrected chi connectivity index (χ4v) is 2.82. The van der Waals surface area contributed by atoms with Gasteiger partial charge in [0.2, 0.25) is 0 Å². The Morgan fingerprint density at radius 1 is 1.35 bits per heavy atom. The largest absolute Gasteiger partial charge is 0.356 e. The van der Waals surface area contributed by atoms with Crippen LogP contribution in [-0.2, 0) is 5.41 Å². The normalized spacial score (nSPS) is 21.6. The van der Waals surface area contributed by atoms with Crippen molar-refractivity contribution in [2.75, 3.05) is 18.0 Å². The highest BCUT2D eigenvalue weighted by atomic mass is 79.9. The van der Waals surface area contributed by atoms with Crippen LogP contribution in [0.3, 0.4) is 0 Å². The number of alkyl halides is 1. The second kappa shape index (κ2) is 4.97. The number of halogens is 1. The van der Waals surface area contributed by atoms with Gasteiger partial charge in [-0.1, -0.05) is 42.8 Å². The maximum absolute atomic E-state index is 4.61. The molecule has 0 saturated carbocycles. The molecule has 0 bridgehead atoms. The average molecular weight is 297 g/mol. The Kier molecular flexibility index (Phi) is 3.76. The van der Waals surface area contributed by atoms with Crippen molar-refractivity contribution < 1.29 is 0 Å². The Hall–Kier alpha value is -0.570. The summed E-state index contributed by atoms with van der Waals surface area (Å²) in [5.74, 6) is 1.11. The zero-order valence-corrected chi connectivity index (χ0v) is 12.5. The van der Waals surface area contributed by atoms with E-state index in [-0.39, 0.29) is 5.41 Å². The molecule has 0 N–H and O–H groups in total. The van der Waals surface area contributed by atoms with Gasteiger partial charge in [-0.25, -0.2) is 4.98 Å². The van der Waals surface area contributed by atoms with E-state index >= 15 is 0 Å². The van der Waals surface area contributed by atoms with Gasteiger partial charge in [0.05, 0.1) is 0 Å². The lowest BCUT2D eigenvalue weighted by Crippen LogP contribution is -2.36. The van der Waals surface area contributed by atoms with Crippen molar-refractivity contribution in [3.63, 3.8) is 0 Å². The molecule has 0 aromatic carbocycles. The van der Waals surface area contributed by atoms with Gasteiger partial charge < -0.3 is 4.90 Å². The van der Waals surface area contributed by atoms with E-state index < -0.39 is 0 Å². The van der Waals surface area contributed by atoms with E-state index in [4.69, 9.17) is 0 Å². The van der Waals surface area contributed by atoms with Crippen molar-refractivity contribution in [3.8, 4) is 0 Å². The summed E-state index contributed by atoms with van der Waals surface area (Å²) in [5, 5.41) is 0. The van der Waals surface area contributed by atoms with Gasteiger partial charge in [0.25, 0.3) is 0 Å². The minimum atomic E-state index is 0.186. The maximum atomic E-state index is 4.61. The van der Waals surface area contributed by atoms with Crippen LogP contribution in [0.5, 0.6) is 0 Å². The molecule has 0 spiro atoms. The lowest BCUT2D eigenvalue weighted by atomic mass is 9.88. The van der Waals surface area contributed by atoms with Crippen molar-refractivity contribution in [1.82, 2.24) is 4.98 Å². The summed E-state index contributed by atoms with van der Waals surface area (Å²) in [5.41, 5.74) is 1.49. The minimum absolute atomic E-state index is 0.186. The molecule has 1 aromatic heterocycles. The number of aromatic nitrogens is 1. The fraction of sp³-hybridized carbons (Fsp3) is 0.643. The maximum Gasteiger partial charge on any atom is 0.128 e. The number of piperidine rings is 1. The van der Waals surface area contributed by atoms with Crippen LogP contribution in [0.1, 0.15) is 39.2 Å². The highest BCUT2D eigenvalue weighted by Crippen LogP contribution is 2.25. The van der Waals surface area contributed by atoms with Crippen LogP contribution in [0.2, 0.25) is 0 Å². The first-order valence-corrected chi connectivity index (χ1v) is 7.24.